The number of aromatic nitrogens is 3. The smallest absolute Gasteiger partial charge is 0.183 e. The zero-order valence-corrected chi connectivity index (χ0v) is 9.30. The van der Waals surface area contributed by atoms with Gasteiger partial charge in [-0.1, -0.05) is 11.8 Å². The molecule has 2 N–H and O–H groups in total. The van der Waals surface area contributed by atoms with E-state index in [1.54, 1.807) is 18.9 Å². The Morgan fingerprint density at radius 3 is 3.21 bits per heavy atom. The van der Waals surface area contributed by atoms with Crippen LogP contribution in [0.15, 0.2) is 11.5 Å². The zero-order valence-electron chi connectivity index (χ0n) is 8.49. The van der Waals surface area contributed by atoms with Gasteiger partial charge in [0.25, 0.3) is 0 Å². The van der Waals surface area contributed by atoms with Crippen LogP contribution >= 0.6 is 11.8 Å². The first kappa shape index (κ1) is 11.5. The van der Waals surface area contributed by atoms with Gasteiger partial charge in [0.1, 0.15) is 6.33 Å². The van der Waals surface area contributed by atoms with Crippen molar-refractivity contribution in [3.63, 3.8) is 0 Å². The highest BCUT2D eigenvalue weighted by Gasteiger charge is 2.00. The van der Waals surface area contributed by atoms with Crippen molar-refractivity contribution in [1.29, 1.82) is 0 Å². The third-order valence-electron chi connectivity index (χ3n) is 1.64. The van der Waals surface area contributed by atoms with E-state index in [0.717, 1.165) is 24.1 Å². The number of H-pyrrole nitrogens is 1. The van der Waals surface area contributed by atoms with Crippen molar-refractivity contribution in [2.75, 3.05) is 26.0 Å². The Labute approximate surface area is 88.0 Å². The molecule has 80 valence electrons. The summed E-state index contributed by atoms with van der Waals surface area (Å²) in [5.74, 6) is 0.975. The Morgan fingerprint density at radius 2 is 2.57 bits per heavy atom. The molecule has 0 aromatic carbocycles. The maximum absolute atomic E-state index is 5.01. The van der Waals surface area contributed by atoms with Crippen LogP contribution in [0.5, 0.6) is 0 Å². The zero-order chi connectivity index (χ0) is 10.2. The van der Waals surface area contributed by atoms with E-state index in [1.165, 1.54) is 6.33 Å². The van der Waals surface area contributed by atoms with Crippen molar-refractivity contribution < 1.29 is 4.74 Å². The second kappa shape index (κ2) is 6.80. The van der Waals surface area contributed by atoms with Gasteiger partial charge in [-0.15, -0.1) is 0 Å². The Kier molecular flexibility index (Phi) is 5.58. The van der Waals surface area contributed by atoms with E-state index in [2.05, 4.69) is 27.4 Å². The fourth-order valence-electron chi connectivity index (χ4n) is 1.03. The summed E-state index contributed by atoms with van der Waals surface area (Å²) in [4.78, 5) is 4.01. The minimum absolute atomic E-state index is 0.398. The first-order valence-corrected chi connectivity index (χ1v) is 5.52. The van der Waals surface area contributed by atoms with E-state index in [-0.39, 0.29) is 0 Å². The highest BCUT2D eigenvalue weighted by molar-refractivity contribution is 7.99. The minimum atomic E-state index is 0.398. The molecule has 1 rings (SSSR count). The van der Waals surface area contributed by atoms with Crippen LogP contribution in [0, 0.1) is 0 Å². The van der Waals surface area contributed by atoms with Gasteiger partial charge in [0.15, 0.2) is 5.16 Å². The molecule has 1 aromatic heterocycles. The van der Waals surface area contributed by atoms with Crippen molar-refractivity contribution >= 4 is 11.8 Å². The van der Waals surface area contributed by atoms with Crippen molar-refractivity contribution in [2.45, 2.75) is 18.1 Å². The first-order valence-electron chi connectivity index (χ1n) is 4.53. The number of nitrogens with one attached hydrogen (secondary N) is 2. The van der Waals surface area contributed by atoms with Crippen molar-refractivity contribution in [3.8, 4) is 0 Å². The molecule has 1 heterocycles. The van der Waals surface area contributed by atoms with Crippen molar-refractivity contribution in [2.24, 2.45) is 0 Å². The summed E-state index contributed by atoms with van der Waals surface area (Å²) < 4.78 is 5.01. The molecular weight excluding hydrogens is 200 g/mol. The third kappa shape index (κ3) is 4.59. The van der Waals surface area contributed by atoms with Crippen LogP contribution in [-0.2, 0) is 4.74 Å². The number of thioether (sulfide) groups is 1. The van der Waals surface area contributed by atoms with Gasteiger partial charge < -0.3 is 10.1 Å². The lowest BCUT2D eigenvalue weighted by Crippen LogP contribution is -2.31. The summed E-state index contributed by atoms with van der Waals surface area (Å²) >= 11 is 1.65. The number of rotatable bonds is 7. The molecule has 1 atom stereocenters. The van der Waals surface area contributed by atoms with E-state index in [4.69, 9.17) is 4.74 Å². The Hall–Kier alpha value is -0.590. The summed E-state index contributed by atoms with van der Waals surface area (Å²) in [7, 11) is 1.71. The molecule has 0 radical (unpaired) electrons. The SMILES string of the molecule is COC[C@@H](C)NCCSc1ncn[nH]1. The Bertz CT molecular complexity index is 229. The maximum Gasteiger partial charge on any atom is 0.183 e. The molecule has 0 unspecified atom stereocenters. The quantitative estimate of drug-likeness (QED) is 0.514. The number of hydrogen-bond donors (Lipinski definition) is 2. The third-order valence-corrected chi connectivity index (χ3v) is 2.52. The lowest BCUT2D eigenvalue weighted by atomic mass is 10.4. The number of aromatic amines is 1. The molecule has 0 saturated heterocycles. The topological polar surface area (TPSA) is 62.8 Å². The summed E-state index contributed by atoms with van der Waals surface area (Å²) in [6.07, 6.45) is 1.52. The van der Waals surface area contributed by atoms with E-state index >= 15 is 0 Å². The van der Waals surface area contributed by atoms with Gasteiger partial charge in [-0.05, 0) is 6.92 Å². The maximum atomic E-state index is 5.01. The Balaban J connectivity index is 1.99. The summed E-state index contributed by atoms with van der Waals surface area (Å²) in [6, 6.07) is 0.398. The second-order valence-electron chi connectivity index (χ2n) is 2.95. The molecule has 0 aliphatic carbocycles. The molecular formula is C8H16N4OS. The van der Waals surface area contributed by atoms with Crippen LogP contribution < -0.4 is 5.32 Å². The number of nitrogens with zero attached hydrogens (tertiary/aromatic N) is 2. The fourth-order valence-corrected chi connectivity index (χ4v) is 1.68. The van der Waals surface area contributed by atoms with E-state index < -0.39 is 0 Å². The average Bonchev–Trinajstić information content (AvgIpc) is 2.65. The lowest BCUT2D eigenvalue weighted by molar-refractivity contribution is 0.173. The number of ether oxygens (including phenoxy) is 1. The van der Waals surface area contributed by atoms with Crippen LogP contribution in [0.3, 0.4) is 0 Å². The molecule has 14 heavy (non-hydrogen) atoms. The molecule has 1 aromatic rings. The lowest BCUT2D eigenvalue weighted by Gasteiger charge is -2.11. The molecule has 0 spiro atoms. The van der Waals surface area contributed by atoms with Gasteiger partial charge in [0.05, 0.1) is 6.61 Å². The molecule has 0 fully saturated rings. The predicted octanol–water partition coefficient (Wildman–Crippen LogP) is 0.521. The normalized spacial score (nSPS) is 13.0. The van der Waals surface area contributed by atoms with Crippen LogP contribution in [0.4, 0.5) is 0 Å². The molecule has 0 aliphatic rings. The van der Waals surface area contributed by atoms with E-state index in [9.17, 15) is 0 Å². The minimum Gasteiger partial charge on any atom is -0.383 e. The highest BCUT2D eigenvalue weighted by atomic mass is 32.2. The molecule has 6 heteroatoms. The van der Waals surface area contributed by atoms with Crippen LogP contribution in [0.1, 0.15) is 6.92 Å². The highest BCUT2D eigenvalue weighted by Crippen LogP contribution is 2.08. The van der Waals surface area contributed by atoms with Gasteiger partial charge in [0.2, 0.25) is 0 Å². The monoisotopic (exact) mass is 216 g/mol. The summed E-state index contributed by atoms with van der Waals surface area (Å²) in [5, 5.41) is 10.8. The van der Waals surface area contributed by atoms with Crippen LogP contribution in [0.25, 0.3) is 0 Å². The van der Waals surface area contributed by atoms with Gasteiger partial charge in [0, 0.05) is 25.4 Å². The van der Waals surface area contributed by atoms with Gasteiger partial charge in [-0.3, -0.25) is 5.10 Å². The summed E-state index contributed by atoms with van der Waals surface area (Å²) in [6.45, 7) is 3.78. The largest absolute Gasteiger partial charge is 0.383 e. The predicted molar refractivity (Wildman–Crippen MR) is 56.4 cm³/mol. The molecule has 5 nitrogen and oxygen atoms in total. The Morgan fingerprint density at radius 1 is 1.71 bits per heavy atom. The van der Waals surface area contributed by atoms with Crippen LogP contribution in [-0.4, -0.2) is 47.2 Å². The standard InChI is InChI=1S/C8H16N4OS/c1-7(5-13-2)9-3-4-14-8-10-6-11-12-8/h6-7,9H,3-5H2,1-2H3,(H,10,11,12)/t7-/m1/s1. The van der Waals surface area contributed by atoms with Gasteiger partial charge in [-0.25, -0.2) is 4.98 Å². The van der Waals surface area contributed by atoms with Crippen molar-refractivity contribution in [1.82, 2.24) is 20.5 Å². The average molecular weight is 216 g/mol. The van der Waals surface area contributed by atoms with Gasteiger partial charge >= 0.3 is 0 Å². The van der Waals surface area contributed by atoms with Gasteiger partial charge in [-0.2, -0.15) is 5.10 Å². The fraction of sp³-hybridized carbons (Fsp3) is 0.750. The van der Waals surface area contributed by atoms with E-state index in [0.29, 0.717) is 6.04 Å². The molecule has 0 bridgehead atoms. The summed E-state index contributed by atoms with van der Waals surface area (Å²) in [5.41, 5.74) is 0. The molecule has 0 aliphatic heterocycles. The number of hydrogen-bond acceptors (Lipinski definition) is 5. The van der Waals surface area contributed by atoms with E-state index in [1.807, 2.05) is 0 Å². The molecule has 0 saturated carbocycles. The second-order valence-corrected chi connectivity index (χ2v) is 4.03. The molecule has 0 amide bonds. The first-order chi connectivity index (χ1) is 6.83. The number of methoxy groups -OCH3 is 1. The van der Waals surface area contributed by atoms with Crippen LogP contribution in [0.2, 0.25) is 0 Å². The van der Waals surface area contributed by atoms with Crippen molar-refractivity contribution in [3.05, 3.63) is 6.33 Å².